The lowest BCUT2D eigenvalue weighted by Crippen LogP contribution is -2.50. The predicted octanol–water partition coefficient (Wildman–Crippen LogP) is 3.36. The maximum Gasteiger partial charge on any atom is 0.328 e. The van der Waals surface area contributed by atoms with Crippen molar-refractivity contribution in [1.82, 2.24) is 5.32 Å². The van der Waals surface area contributed by atoms with E-state index in [0.29, 0.717) is 37.7 Å². The molecule has 2 atom stereocenters. The third kappa shape index (κ3) is 10.2. The first-order valence-corrected chi connectivity index (χ1v) is 11.1. The molecule has 0 radical (unpaired) electrons. The van der Waals surface area contributed by atoms with Crippen LogP contribution in [0.4, 0.5) is 5.69 Å². The van der Waals surface area contributed by atoms with Crippen molar-refractivity contribution in [2.45, 2.75) is 45.7 Å². The van der Waals surface area contributed by atoms with Crippen LogP contribution < -0.4 is 16.0 Å². The van der Waals surface area contributed by atoms with Crippen LogP contribution in [0.2, 0.25) is 0 Å². The third-order valence-corrected chi connectivity index (χ3v) is 4.74. The Kier molecular flexibility index (Phi) is 14.9. The number of anilines is 1. The average Bonchev–Trinajstić information content (AvgIpc) is 2.67. The molecule has 0 saturated heterocycles. The summed E-state index contributed by atoms with van der Waals surface area (Å²) < 4.78 is 5.13. The van der Waals surface area contributed by atoms with Crippen LogP contribution in [-0.4, -0.2) is 55.4 Å². The molecule has 0 aliphatic rings. The Labute approximate surface area is 196 Å². The molecule has 1 amide bonds. The average molecular weight is 483 g/mol. The van der Waals surface area contributed by atoms with Gasteiger partial charge in [0, 0.05) is 37.0 Å². The summed E-state index contributed by atoms with van der Waals surface area (Å²) in [7, 11) is 0. The molecule has 172 valence electrons. The summed E-state index contributed by atoms with van der Waals surface area (Å²) in [6.45, 7) is 7.36. The van der Waals surface area contributed by atoms with Crippen LogP contribution in [0, 0.1) is 5.92 Å². The van der Waals surface area contributed by atoms with Crippen molar-refractivity contribution in [2.75, 3.05) is 36.4 Å². The molecule has 3 N–H and O–H groups in total. The molecular formula is C21H34Cl3N3O3. The van der Waals surface area contributed by atoms with Crippen molar-refractivity contribution < 1.29 is 14.3 Å². The number of benzene rings is 1. The predicted molar refractivity (Wildman–Crippen MR) is 127 cm³/mol. The molecule has 0 bridgehead atoms. The normalized spacial score (nSPS) is 12.6. The zero-order chi connectivity index (χ0) is 21.8. The molecule has 1 aromatic carbocycles. The molecule has 0 aliphatic carbocycles. The lowest BCUT2D eigenvalue weighted by molar-refractivity contribution is -0.147. The second-order valence-electron chi connectivity index (χ2n) is 7.28. The lowest BCUT2D eigenvalue weighted by Gasteiger charge is -2.24. The number of carbonyl (C=O) groups is 2. The summed E-state index contributed by atoms with van der Waals surface area (Å²) in [6, 6.07) is 6.34. The minimum absolute atomic E-state index is 0. The van der Waals surface area contributed by atoms with Gasteiger partial charge < -0.3 is 20.7 Å². The zero-order valence-electron chi connectivity index (χ0n) is 17.9. The number of nitrogens with zero attached hydrogens (tertiary/aromatic N) is 1. The maximum absolute atomic E-state index is 12.4. The Morgan fingerprint density at radius 1 is 1.13 bits per heavy atom. The van der Waals surface area contributed by atoms with Crippen molar-refractivity contribution in [2.24, 2.45) is 11.7 Å². The number of ether oxygens (including phenoxy) is 1. The first kappa shape index (κ1) is 28.8. The van der Waals surface area contributed by atoms with Gasteiger partial charge in [0.05, 0.1) is 12.6 Å². The highest BCUT2D eigenvalue weighted by molar-refractivity contribution is 6.18. The van der Waals surface area contributed by atoms with Crippen LogP contribution in [0.5, 0.6) is 0 Å². The van der Waals surface area contributed by atoms with Gasteiger partial charge in [0.1, 0.15) is 6.04 Å². The number of nitrogens with two attached hydrogens (primary N) is 1. The maximum atomic E-state index is 12.4. The van der Waals surface area contributed by atoms with Gasteiger partial charge in [0.25, 0.3) is 0 Å². The second kappa shape index (κ2) is 15.6. The number of hydrogen-bond acceptors (Lipinski definition) is 5. The van der Waals surface area contributed by atoms with Gasteiger partial charge >= 0.3 is 5.97 Å². The fraction of sp³-hybridized carbons (Fsp3) is 0.619. The van der Waals surface area contributed by atoms with Crippen LogP contribution in [0.25, 0.3) is 0 Å². The SMILES string of the molecule is CCOC(=O)C(Cc1ccc(N(CCCl)CCCl)cc1)NC(=O)C(N)CC(C)C.Cl. The van der Waals surface area contributed by atoms with E-state index >= 15 is 0 Å². The van der Waals surface area contributed by atoms with Crippen molar-refractivity contribution in [3.63, 3.8) is 0 Å². The van der Waals surface area contributed by atoms with Gasteiger partial charge in [-0.25, -0.2) is 4.79 Å². The van der Waals surface area contributed by atoms with E-state index in [-0.39, 0.29) is 30.8 Å². The Morgan fingerprint density at radius 2 is 1.70 bits per heavy atom. The van der Waals surface area contributed by atoms with Crippen LogP contribution in [0.3, 0.4) is 0 Å². The van der Waals surface area contributed by atoms with E-state index in [1.807, 2.05) is 38.1 Å². The standard InChI is InChI=1S/C21H33Cl2N3O3.ClH/c1-4-29-21(28)19(25-20(27)18(24)13-15(2)3)14-16-5-7-17(8-6-16)26(11-9-22)12-10-23;/h5-8,15,18-19H,4,9-14,24H2,1-3H3,(H,25,27);1H. The molecule has 1 rings (SSSR count). The minimum atomic E-state index is -0.784. The van der Waals surface area contributed by atoms with Crippen molar-refractivity contribution in [3.05, 3.63) is 29.8 Å². The molecule has 0 aliphatic heterocycles. The quantitative estimate of drug-likeness (QED) is 0.333. The molecular weight excluding hydrogens is 449 g/mol. The van der Waals surface area contributed by atoms with Crippen molar-refractivity contribution in [1.29, 1.82) is 0 Å². The monoisotopic (exact) mass is 481 g/mol. The van der Waals surface area contributed by atoms with Crippen LogP contribution >= 0.6 is 35.6 Å². The van der Waals surface area contributed by atoms with Crippen molar-refractivity contribution in [3.8, 4) is 0 Å². The highest BCUT2D eigenvalue weighted by Crippen LogP contribution is 2.17. The number of amides is 1. The number of alkyl halides is 2. The molecule has 6 nitrogen and oxygen atoms in total. The first-order chi connectivity index (χ1) is 13.8. The van der Waals surface area contributed by atoms with E-state index in [0.717, 1.165) is 11.3 Å². The van der Waals surface area contributed by atoms with E-state index in [9.17, 15) is 9.59 Å². The highest BCUT2D eigenvalue weighted by Gasteiger charge is 2.25. The zero-order valence-corrected chi connectivity index (χ0v) is 20.2. The Bertz CT molecular complexity index is 624. The van der Waals surface area contributed by atoms with Gasteiger partial charge in [-0.2, -0.15) is 0 Å². The number of rotatable bonds is 13. The van der Waals surface area contributed by atoms with Gasteiger partial charge in [0.15, 0.2) is 0 Å². The van der Waals surface area contributed by atoms with Crippen LogP contribution in [0.15, 0.2) is 24.3 Å². The van der Waals surface area contributed by atoms with Crippen LogP contribution in [-0.2, 0) is 20.7 Å². The molecule has 2 unspecified atom stereocenters. The first-order valence-electron chi connectivity index (χ1n) is 10.0. The van der Waals surface area contributed by atoms with Gasteiger partial charge in [-0.3, -0.25) is 4.79 Å². The molecule has 0 aromatic heterocycles. The fourth-order valence-electron chi connectivity index (χ4n) is 2.98. The summed E-state index contributed by atoms with van der Waals surface area (Å²) in [5.74, 6) is 0.489. The smallest absolute Gasteiger partial charge is 0.328 e. The minimum Gasteiger partial charge on any atom is -0.464 e. The number of carbonyl (C=O) groups excluding carboxylic acids is 2. The van der Waals surface area contributed by atoms with E-state index in [1.165, 1.54) is 0 Å². The van der Waals surface area contributed by atoms with E-state index in [2.05, 4.69) is 10.2 Å². The largest absolute Gasteiger partial charge is 0.464 e. The number of esters is 1. The molecule has 30 heavy (non-hydrogen) atoms. The Balaban J connectivity index is 0.00000841. The molecule has 0 spiro atoms. The van der Waals surface area contributed by atoms with E-state index in [4.69, 9.17) is 33.7 Å². The molecule has 1 aromatic rings. The molecule has 0 saturated carbocycles. The van der Waals surface area contributed by atoms with E-state index in [1.54, 1.807) is 6.92 Å². The van der Waals surface area contributed by atoms with Gasteiger partial charge in [0.2, 0.25) is 5.91 Å². The number of hydrogen-bond donors (Lipinski definition) is 2. The van der Waals surface area contributed by atoms with Gasteiger partial charge in [-0.05, 0) is 37.0 Å². The highest BCUT2D eigenvalue weighted by atomic mass is 35.5. The van der Waals surface area contributed by atoms with Gasteiger partial charge in [-0.1, -0.05) is 26.0 Å². The summed E-state index contributed by atoms with van der Waals surface area (Å²) in [5.41, 5.74) is 7.86. The topological polar surface area (TPSA) is 84.7 Å². The van der Waals surface area contributed by atoms with Crippen LogP contribution in [0.1, 0.15) is 32.8 Å². The molecule has 0 fully saturated rings. The summed E-state index contributed by atoms with van der Waals surface area (Å²) >= 11 is 11.7. The number of halogens is 3. The Hall–Kier alpha value is -1.21. The van der Waals surface area contributed by atoms with E-state index < -0.39 is 18.1 Å². The van der Waals surface area contributed by atoms with Gasteiger partial charge in [-0.15, -0.1) is 35.6 Å². The summed E-state index contributed by atoms with van der Waals surface area (Å²) in [4.78, 5) is 26.9. The molecule has 9 heteroatoms. The lowest BCUT2D eigenvalue weighted by atomic mass is 10.0. The number of nitrogens with one attached hydrogen (secondary N) is 1. The summed E-state index contributed by atoms with van der Waals surface area (Å²) in [6.07, 6.45) is 0.872. The van der Waals surface area contributed by atoms with Crippen molar-refractivity contribution >= 4 is 53.2 Å². The fourth-order valence-corrected chi connectivity index (χ4v) is 3.39. The molecule has 0 heterocycles. The second-order valence-corrected chi connectivity index (χ2v) is 8.04. The third-order valence-electron chi connectivity index (χ3n) is 4.40. The summed E-state index contributed by atoms with van der Waals surface area (Å²) in [5, 5.41) is 2.75. The Morgan fingerprint density at radius 3 is 2.17 bits per heavy atom.